The highest BCUT2D eigenvalue weighted by Gasteiger charge is 2.67. The van der Waals surface area contributed by atoms with Crippen molar-refractivity contribution in [3.05, 3.63) is 64.2 Å². The van der Waals surface area contributed by atoms with Gasteiger partial charge in [0.1, 0.15) is 17.4 Å². The minimum atomic E-state index is -3.44. The van der Waals surface area contributed by atoms with Crippen LogP contribution < -0.4 is 10.5 Å². The van der Waals surface area contributed by atoms with Crippen LogP contribution in [0.15, 0.2) is 42.0 Å². The number of primary amides is 1. The van der Waals surface area contributed by atoms with Gasteiger partial charge in [-0.1, -0.05) is 11.8 Å². The molecule has 12 nitrogen and oxygen atoms in total. The van der Waals surface area contributed by atoms with Gasteiger partial charge in [0.15, 0.2) is 11.4 Å². The van der Waals surface area contributed by atoms with Gasteiger partial charge in [-0.15, -0.1) is 0 Å². The Hall–Kier alpha value is -4.22. The fourth-order valence-electron chi connectivity index (χ4n) is 6.70. The number of rotatable bonds is 4. The lowest BCUT2D eigenvalue weighted by Crippen LogP contribution is -2.73. The first kappa shape index (κ1) is 30.2. The van der Waals surface area contributed by atoms with Crippen molar-refractivity contribution >= 4 is 38.9 Å². The molecule has 6 atom stereocenters. The fraction of sp³-hybridized carbons (Fsp3) is 0.367. The van der Waals surface area contributed by atoms with Crippen LogP contribution in [0.4, 0.5) is 5.69 Å². The van der Waals surface area contributed by atoms with Crippen molar-refractivity contribution < 1.29 is 43.2 Å². The molecule has 1 amide bonds. The lowest BCUT2D eigenvalue weighted by atomic mass is 9.54. The number of anilines is 1. The maximum Gasteiger partial charge on any atom is 0.230 e. The predicted molar refractivity (Wildman–Crippen MR) is 155 cm³/mol. The summed E-state index contributed by atoms with van der Waals surface area (Å²) in [5.41, 5.74) is 4.20. The van der Waals surface area contributed by atoms with Crippen molar-refractivity contribution in [1.29, 1.82) is 0 Å². The first-order valence-corrected chi connectivity index (χ1v) is 15.3. The molecule has 226 valence electrons. The normalized spacial score (nSPS) is 28.4. The summed E-state index contributed by atoms with van der Waals surface area (Å²) in [5, 5.41) is 44.7. The number of fused-ring (bicyclic) bond motifs is 3. The highest BCUT2D eigenvalue weighted by Crippen LogP contribution is 2.52. The van der Waals surface area contributed by atoms with E-state index in [0.717, 1.165) is 6.26 Å². The van der Waals surface area contributed by atoms with Gasteiger partial charge in [0.2, 0.25) is 21.7 Å². The zero-order valence-electron chi connectivity index (χ0n) is 23.5. The predicted octanol–water partition coefficient (Wildman–Crippen LogP) is -0.0997. The Labute approximate surface area is 247 Å². The van der Waals surface area contributed by atoms with Gasteiger partial charge in [0.25, 0.3) is 0 Å². The van der Waals surface area contributed by atoms with E-state index >= 15 is 0 Å². The molecule has 3 aliphatic rings. The molecular formula is C30H31N3O9S. The van der Waals surface area contributed by atoms with Gasteiger partial charge in [0, 0.05) is 34.3 Å². The Morgan fingerprint density at radius 3 is 2.33 bits per heavy atom. The zero-order valence-corrected chi connectivity index (χ0v) is 24.3. The molecule has 0 aliphatic heterocycles. The molecule has 43 heavy (non-hydrogen) atoms. The van der Waals surface area contributed by atoms with Crippen molar-refractivity contribution in [3.63, 3.8) is 0 Å². The molecule has 0 heterocycles. The number of aliphatic hydroxyl groups excluding tert-OH is 2. The van der Waals surface area contributed by atoms with E-state index in [1.165, 1.54) is 11.0 Å². The molecule has 0 bridgehead atoms. The average Bonchev–Trinajstić information content (AvgIpc) is 2.90. The van der Waals surface area contributed by atoms with E-state index in [4.69, 9.17) is 5.73 Å². The minimum Gasteiger partial charge on any atom is -0.507 e. The molecule has 5 rings (SSSR count). The highest BCUT2D eigenvalue weighted by molar-refractivity contribution is 7.92. The maximum absolute atomic E-state index is 13.9. The molecule has 0 saturated heterocycles. The van der Waals surface area contributed by atoms with Gasteiger partial charge < -0.3 is 31.1 Å². The molecule has 2 aromatic rings. The molecule has 3 aliphatic carbocycles. The number of likely N-dealkylation sites (N-methyl/N-ethyl adjacent to an activating group) is 1. The number of nitrogens with one attached hydrogen (secondary N) is 1. The lowest BCUT2D eigenvalue weighted by Gasteiger charge is -2.53. The topological polar surface area (TPSA) is 208 Å². The second-order valence-corrected chi connectivity index (χ2v) is 13.2. The number of carbonyl (C=O) groups is 3. The number of carbonyl (C=O) groups excluding carboxylic acids is 3. The quantitative estimate of drug-likeness (QED) is 0.200. The van der Waals surface area contributed by atoms with Gasteiger partial charge >= 0.3 is 0 Å². The first-order chi connectivity index (χ1) is 20.1. The number of hydrogen-bond donors (Lipinski definition) is 6. The van der Waals surface area contributed by atoms with Crippen molar-refractivity contribution in [2.45, 2.75) is 30.6 Å². The fourth-order valence-corrected chi connectivity index (χ4v) is 7.26. The largest absolute Gasteiger partial charge is 0.507 e. The Morgan fingerprint density at radius 2 is 1.74 bits per heavy atom. The Morgan fingerprint density at radius 1 is 1.09 bits per heavy atom. The summed E-state index contributed by atoms with van der Waals surface area (Å²) in [6.07, 6.45) is -0.420. The number of phenols is 1. The smallest absolute Gasteiger partial charge is 0.230 e. The Bertz CT molecular complexity index is 1750. The summed E-state index contributed by atoms with van der Waals surface area (Å²) in [6, 6.07) is 8.22. The third-order valence-electron chi connectivity index (χ3n) is 8.50. The second kappa shape index (κ2) is 10.5. The number of nitrogens with two attached hydrogens (primary N) is 1. The summed E-state index contributed by atoms with van der Waals surface area (Å²) in [7, 11) is -0.275. The molecular weight excluding hydrogens is 578 g/mol. The van der Waals surface area contributed by atoms with Gasteiger partial charge in [-0.2, -0.15) is 0 Å². The van der Waals surface area contributed by atoms with E-state index in [2.05, 4.69) is 16.6 Å². The summed E-state index contributed by atoms with van der Waals surface area (Å²) in [5.74, 6) is -2.10. The SMILES string of the molecule is CN(C)[C@H]1C(O)C(C(N)=O)C(=O)[C@]2(O)C(=O)C3=C(O)c4c(O)ccc(C#Cc5ccc(NS(C)(=O)=O)cc5)c4C[C@@H]3C[C@H]12. The van der Waals surface area contributed by atoms with Crippen LogP contribution in [0.3, 0.4) is 0 Å². The third kappa shape index (κ3) is 4.96. The Kier molecular flexibility index (Phi) is 7.38. The van der Waals surface area contributed by atoms with Gasteiger partial charge in [-0.25, -0.2) is 8.42 Å². The van der Waals surface area contributed by atoms with Gasteiger partial charge in [-0.3, -0.25) is 19.1 Å². The molecule has 13 heteroatoms. The van der Waals surface area contributed by atoms with E-state index in [9.17, 15) is 43.2 Å². The van der Waals surface area contributed by atoms with E-state index in [1.54, 1.807) is 44.4 Å². The highest BCUT2D eigenvalue weighted by atomic mass is 32.2. The second-order valence-electron chi connectivity index (χ2n) is 11.5. The van der Waals surface area contributed by atoms with Crippen LogP contribution >= 0.6 is 0 Å². The molecule has 0 spiro atoms. The molecule has 2 fully saturated rings. The van der Waals surface area contributed by atoms with E-state index < -0.39 is 68.8 Å². The molecule has 7 N–H and O–H groups in total. The molecule has 2 saturated carbocycles. The lowest BCUT2D eigenvalue weighted by molar-refractivity contribution is -0.184. The first-order valence-electron chi connectivity index (χ1n) is 13.4. The molecule has 2 aromatic carbocycles. The van der Waals surface area contributed by atoms with Crippen LogP contribution in [0.25, 0.3) is 5.76 Å². The number of benzene rings is 2. The molecule has 0 aromatic heterocycles. The third-order valence-corrected chi connectivity index (χ3v) is 9.11. The molecule has 0 radical (unpaired) electrons. The summed E-state index contributed by atoms with van der Waals surface area (Å²) < 4.78 is 25.3. The Balaban J connectivity index is 1.58. The maximum atomic E-state index is 13.9. The van der Waals surface area contributed by atoms with Crippen molar-refractivity contribution in [2.75, 3.05) is 25.1 Å². The minimum absolute atomic E-state index is 0.00444. The summed E-state index contributed by atoms with van der Waals surface area (Å²) in [4.78, 5) is 41.0. The van der Waals surface area contributed by atoms with E-state index in [-0.39, 0.29) is 29.7 Å². The zero-order chi connectivity index (χ0) is 31.6. The number of sulfonamides is 1. The monoisotopic (exact) mass is 609 g/mol. The van der Waals surface area contributed by atoms with Crippen LogP contribution in [-0.4, -0.2) is 89.3 Å². The number of aliphatic hydroxyl groups is 3. The average molecular weight is 610 g/mol. The van der Waals surface area contributed by atoms with E-state index in [0.29, 0.717) is 22.4 Å². The number of phenolic OH excluding ortho intramolecular Hbond substituents is 1. The van der Waals surface area contributed by atoms with Gasteiger partial charge in [0.05, 0.1) is 17.9 Å². The summed E-state index contributed by atoms with van der Waals surface area (Å²) in [6.45, 7) is 0. The van der Waals surface area contributed by atoms with Gasteiger partial charge in [-0.05, 0) is 74.8 Å². The number of nitrogens with zero attached hydrogens (tertiary/aromatic N) is 1. The number of ketones is 2. The number of hydrogen-bond acceptors (Lipinski definition) is 10. The van der Waals surface area contributed by atoms with Crippen LogP contribution in [-0.2, 0) is 30.8 Å². The van der Waals surface area contributed by atoms with Crippen molar-refractivity contribution in [1.82, 2.24) is 4.90 Å². The van der Waals surface area contributed by atoms with Crippen LogP contribution in [0.1, 0.15) is 28.7 Å². The van der Waals surface area contributed by atoms with Crippen molar-refractivity contribution in [3.8, 4) is 17.6 Å². The number of Topliss-reactive ketones (excluding diaryl/α,β-unsaturated/α-hetero) is 2. The number of amides is 1. The number of aromatic hydroxyl groups is 1. The van der Waals surface area contributed by atoms with Crippen LogP contribution in [0, 0.1) is 29.6 Å². The molecule has 2 unspecified atom stereocenters. The van der Waals surface area contributed by atoms with Crippen LogP contribution in [0.5, 0.6) is 5.75 Å². The van der Waals surface area contributed by atoms with Crippen molar-refractivity contribution in [2.24, 2.45) is 23.5 Å². The van der Waals surface area contributed by atoms with Crippen LogP contribution in [0.2, 0.25) is 0 Å². The van der Waals surface area contributed by atoms with E-state index in [1.807, 2.05) is 0 Å². The standard InChI is InChI=1S/C30H31N3O9S/c1-33(2)24-19-13-16-12-18-15(7-4-14-5-9-17(10-6-14)32-43(3,41)42)8-11-20(34)22(18)25(35)21(16)27(37)30(19,40)28(38)23(26(24)36)29(31)39/h5-6,8-11,16,19,23-24,26,32,34-36,40H,12-13H2,1-3H3,(H2,31,39)/t16-,19-,23?,24-,26?,30-/m1/s1. The summed E-state index contributed by atoms with van der Waals surface area (Å²) >= 11 is 0.